The van der Waals surface area contributed by atoms with E-state index in [1.165, 1.54) is 70.6 Å². The van der Waals surface area contributed by atoms with Crippen molar-refractivity contribution in [1.29, 1.82) is 0 Å². The van der Waals surface area contributed by atoms with Gasteiger partial charge in [0.2, 0.25) is 0 Å². The molecule has 0 aliphatic heterocycles. The van der Waals surface area contributed by atoms with E-state index in [0.29, 0.717) is 0 Å². The van der Waals surface area contributed by atoms with Gasteiger partial charge < -0.3 is 9.47 Å². The molecule has 6 aromatic carbocycles. The molecule has 0 bridgehead atoms. The van der Waals surface area contributed by atoms with Crippen LogP contribution in [0.1, 0.15) is 58.7 Å². The fourth-order valence-electron chi connectivity index (χ4n) is 8.48. The summed E-state index contributed by atoms with van der Waals surface area (Å²) in [6.07, 6.45) is 23.6. The number of thiophene rings is 1. The van der Waals surface area contributed by atoms with Gasteiger partial charge in [0.05, 0.1) is 11.2 Å². The SMILES string of the molecule is C=Cc1sc2c(C(=C)/C=C\C(=C/C)N(c3ccc(Cc4ccc5c6c(n(-c7ccccc7)c5c4)C=CCC=C6)cc3)c3ccc(-c4ccccc4)cc3)cccc2c1/C=C\C. The van der Waals surface area contributed by atoms with Crippen LogP contribution in [0.25, 0.3) is 67.7 Å². The normalized spacial score (nSPS) is 12.7. The zero-order valence-corrected chi connectivity index (χ0v) is 35.6. The fraction of sp³-hybridized carbons (Fsp3) is 0.0690. The molecule has 0 fully saturated rings. The predicted molar refractivity (Wildman–Crippen MR) is 268 cm³/mol. The Bertz CT molecular complexity index is 3040. The lowest BCUT2D eigenvalue weighted by Gasteiger charge is -2.27. The van der Waals surface area contributed by atoms with Crippen LogP contribution in [-0.2, 0) is 6.42 Å². The maximum atomic E-state index is 4.58. The first-order chi connectivity index (χ1) is 30.0. The van der Waals surface area contributed by atoms with Crippen molar-refractivity contribution >= 4 is 73.6 Å². The second-order valence-corrected chi connectivity index (χ2v) is 16.3. The topological polar surface area (TPSA) is 8.17 Å². The molecule has 0 spiro atoms. The molecule has 0 N–H and O–H groups in total. The minimum atomic E-state index is 0.826. The van der Waals surface area contributed by atoms with Gasteiger partial charge in [-0.25, -0.2) is 0 Å². The molecule has 0 atom stereocenters. The van der Waals surface area contributed by atoms with E-state index in [2.05, 4.69) is 237 Å². The monoisotopic (exact) mass is 804 g/mol. The van der Waals surface area contributed by atoms with Crippen LogP contribution in [0.15, 0.2) is 201 Å². The highest BCUT2D eigenvalue weighted by Crippen LogP contribution is 2.39. The largest absolute Gasteiger partial charge is 0.311 e. The van der Waals surface area contributed by atoms with E-state index in [0.717, 1.165) is 41.1 Å². The summed E-state index contributed by atoms with van der Waals surface area (Å²) < 4.78 is 3.63. The average molecular weight is 805 g/mol. The highest BCUT2D eigenvalue weighted by Gasteiger charge is 2.18. The number of anilines is 2. The molecule has 0 saturated carbocycles. The summed E-state index contributed by atoms with van der Waals surface area (Å²) in [5.74, 6) is 0. The van der Waals surface area contributed by atoms with Gasteiger partial charge in [0.15, 0.2) is 0 Å². The lowest BCUT2D eigenvalue weighted by atomic mass is 10.0. The Balaban J connectivity index is 1.05. The third kappa shape index (κ3) is 7.84. The summed E-state index contributed by atoms with van der Waals surface area (Å²) in [5.41, 5.74) is 16.4. The van der Waals surface area contributed by atoms with Crippen molar-refractivity contribution < 1.29 is 0 Å². The molecular weight excluding hydrogens is 757 g/mol. The second-order valence-electron chi connectivity index (χ2n) is 15.3. The number of hydrogen-bond donors (Lipinski definition) is 0. The van der Waals surface area contributed by atoms with Crippen LogP contribution in [0, 0.1) is 0 Å². The molecule has 2 aromatic heterocycles. The van der Waals surface area contributed by atoms with Gasteiger partial charge in [0.1, 0.15) is 0 Å². The Morgan fingerprint density at radius 1 is 0.705 bits per heavy atom. The van der Waals surface area contributed by atoms with E-state index >= 15 is 0 Å². The van der Waals surface area contributed by atoms with Gasteiger partial charge in [-0.2, -0.15) is 0 Å². The molecule has 9 rings (SSSR count). The number of aromatic nitrogens is 1. The van der Waals surface area contributed by atoms with E-state index in [-0.39, 0.29) is 0 Å². The van der Waals surface area contributed by atoms with Crippen molar-refractivity contribution in [3.05, 3.63) is 239 Å². The van der Waals surface area contributed by atoms with Crippen LogP contribution in [0.2, 0.25) is 0 Å². The molecule has 1 aliphatic carbocycles. The highest BCUT2D eigenvalue weighted by atomic mass is 32.1. The zero-order valence-electron chi connectivity index (χ0n) is 34.8. The lowest BCUT2D eigenvalue weighted by molar-refractivity contribution is 1.10. The average Bonchev–Trinajstić information content (AvgIpc) is 3.71. The predicted octanol–water partition coefficient (Wildman–Crippen LogP) is 16.5. The molecule has 0 amide bonds. The Morgan fingerprint density at radius 2 is 1.39 bits per heavy atom. The summed E-state index contributed by atoms with van der Waals surface area (Å²) >= 11 is 1.77. The number of fused-ring (bicyclic) bond motifs is 4. The number of hydrogen-bond acceptors (Lipinski definition) is 2. The van der Waals surface area contributed by atoms with Gasteiger partial charge in [0, 0.05) is 48.7 Å². The van der Waals surface area contributed by atoms with E-state index in [1.807, 2.05) is 6.08 Å². The third-order valence-electron chi connectivity index (χ3n) is 11.4. The molecule has 0 unspecified atom stereocenters. The van der Waals surface area contributed by atoms with E-state index < -0.39 is 0 Å². The maximum absolute atomic E-state index is 4.58. The van der Waals surface area contributed by atoms with Gasteiger partial charge in [0.25, 0.3) is 0 Å². The Kier molecular flexibility index (Phi) is 11.3. The van der Waals surface area contributed by atoms with Crippen LogP contribution in [-0.4, -0.2) is 4.57 Å². The van der Waals surface area contributed by atoms with Crippen LogP contribution < -0.4 is 4.90 Å². The molecule has 8 aromatic rings. The van der Waals surface area contributed by atoms with Crippen LogP contribution in [0.4, 0.5) is 11.4 Å². The van der Waals surface area contributed by atoms with Crippen molar-refractivity contribution in [3.63, 3.8) is 0 Å². The summed E-state index contributed by atoms with van der Waals surface area (Å²) in [5, 5.41) is 2.50. The molecule has 0 saturated heterocycles. The summed E-state index contributed by atoms with van der Waals surface area (Å²) in [4.78, 5) is 3.51. The first kappa shape index (κ1) is 39.3. The van der Waals surface area contributed by atoms with E-state index in [4.69, 9.17) is 0 Å². The molecule has 3 heteroatoms. The molecule has 2 heterocycles. The van der Waals surface area contributed by atoms with Crippen molar-refractivity contribution in [2.75, 3.05) is 4.90 Å². The zero-order chi connectivity index (χ0) is 41.7. The summed E-state index contributed by atoms with van der Waals surface area (Å²) in [6, 6.07) is 52.6. The van der Waals surface area contributed by atoms with Gasteiger partial charge in [-0.15, -0.1) is 11.3 Å². The van der Waals surface area contributed by atoms with Gasteiger partial charge in [-0.3, -0.25) is 0 Å². The Hall–Kier alpha value is -7.20. The Morgan fingerprint density at radius 3 is 2.11 bits per heavy atom. The van der Waals surface area contributed by atoms with Crippen LogP contribution >= 0.6 is 11.3 Å². The van der Waals surface area contributed by atoms with Gasteiger partial charge >= 0.3 is 0 Å². The highest BCUT2D eigenvalue weighted by molar-refractivity contribution is 7.20. The molecule has 1 aliphatic rings. The van der Waals surface area contributed by atoms with Crippen molar-refractivity contribution in [1.82, 2.24) is 4.57 Å². The van der Waals surface area contributed by atoms with Crippen molar-refractivity contribution in [3.8, 4) is 16.8 Å². The molecule has 61 heavy (non-hydrogen) atoms. The molecular formula is C58H48N2S. The number of allylic oxidation sites excluding steroid dienone is 7. The Labute approximate surface area is 364 Å². The molecule has 0 radical (unpaired) electrons. The summed E-state index contributed by atoms with van der Waals surface area (Å²) in [6.45, 7) is 12.8. The van der Waals surface area contributed by atoms with E-state index in [9.17, 15) is 0 Å². The molecule has 2 nitrogen and oxygen atoms in total. The van der Waals surface area contributed by atoms with Gasteiger partial charge in [-0.05, 0) is 120 Å². The number of nitrogens with zero attached hydrogens (tertiary/aromatic N) is 2. The quantitative estimate of drug-likeness (QED) is 0.112. The smallest absolute Gasteiger partial charge is 0.0543 e. The first-order valence-corrected chi connectivity index (χ1v) is 21.8. The molecule has 296 valence electrons. The standard InChI is InChI=1S/C58H48N2S/c1-5-18-53-54-25-17-24-50(58(54)61-57(53)7-3)41(4)27-33-46(6-2)59(49-36-31-45(32-37-49)44-19-11-8-12-20-44)48-34-28-42(29-35-48)39-43-30-38-52-51-23-15-10-16-26-55(51)60(56(52)40-43)47-21-13-9-14-22-47/h5-9,11-38,40H,3-4,10,39H2,1-2H3/b18-5-,33-27-,46-6+. The number of rotatable bonds is 12. The summed E-state index contributed by atoms with van der Waals surface area (Å²) in [7, 11) is 0. The number of para-hydroxylation sites is 1. The minimum Gasteiger partial charge on any atom is -0.311 e. The van der Waals surface area contributed by atoms with Crippen molar-refractivity contribution in [2.45, 2.75) is 26.7 Å². The minimum absolute atomic E-state index is 0.826. The van der Waals surface area contributed by atoms with Gasteiger partial charge in [-0.1, -0.05) is 165 Å². The fourth-order valence-corrected chi connectivity index (χ4v) is 9.67. The second kappa shape index (κ2) is 17.6. The first-order valence-electron chi connectivity index (χ1n) is 21.0. The maximum Gasteiger partial charge on any atom is 0.0543 e. The number of benzene rings is 6. The van der Waals surface area contributed by atoms with Crippen LogP contribution in [0.5, 0.6) is 0 Å². The van der Waals surface area contributed by atoms with E-state index in [1.54, 1.807) is 11.3 Å². The third-order valence-corrected chi connectivity index (χ3v) is 12.7. The lowest BCUT2D eigenvalue weighted by Crippen LogP contribution is -2.15. The van der Waals surface area contributed by atoms with Crippen molar-refractivity contribution in [2.24, 2.45) is 0 Å². The van der Waals surface area contributed by atoms with Crippen LogP contribution in [0.3, 0.4) is 0 Å².